The van der Waals surface area contributed by atoms with Crippen LogP contribution in [0.15, 0.2) is 90.9 Å². The summed E-state index contributed by atoms with van der Waals surface area (Å²) in [7, 11) is 0. The number of benzene rings is 2. The molecule has 2 aromatic heterocycles. The van der Waals surface area contributed by atoms with E-state index < -0.39 is 5.91 Å². The zero-order valence-electron chi connectivity index (χ0n) is 16.2. The Morgan fingerprint density at radius 1 is 1.06 bits per heavy atom. The Bertz CT molecular complexity index is 1290. The van der Waals surface area contributed by atoms with Crippen LogP contribution >= 0.6 is 11.6 Å². The molecule has 2 aromatic carbocycles. The highest BCUT2D eigenvalue weighted by atomic mass is 35.5. The van der Waals surface area contributed by atoms with Gasteiger partial charge in [-0.3, -0.25) is 9.78 Å². The zero-order chi connectivity index (χ0) is 21.6. The minimum atomic E-state index is -0.555. The molecule has 31 heavy (non-hydrogen) atoms. The Kier molecular flexibility index (Phi) is 5.88. The summed E-state index contributed by atoms with van der Waals surface area (Å²) in [5.41, 5.74) is 3.21. The molecule has 6 nitrogen and oxygen atoms in total. The van der Waals surface area contributed by atoms with Crippen molar-refractivity contribution in [2.45, 2.75) is 0 Å². The third-order valence-electron chi connectivity index (χ3n) is 4.49. The molecule has 0 saturated carbocycles. The summed E-state index contributed by atoms with van der Waals surface area (Å²) >= 11 is 6.12. The van der Waals surface area contributed by atoms with Crippen molar-refractivity contribution in [2.24, 2.45) is 0 Å². The van der Waals surface area contributed by atoms with Crippen LogP contribution in [0.5, 0.6) is 0 Å². The van der Waals surface area contributed by atoms with E-state index in [4.69, 9.17) is 11.6 Å². The average Bonchev–Trinajstić information content (AvgIpc) is 3.24. The molecule has 4 aromatic rings. The number of hydrogen-bond donors (Lipinski definition) is 1. The monoisotopic (exact) mass is 425 g/mol. The van der Waals surface area contributed by atoms with Gasteiger partial charge in [0.15, 0.2) is 0 Å². The van der Waals surface area contributed by atoms with Gasteiger partial charge >= 0.3 is 0 Å². The van der Waals surface area contributed by atoms with Gasteiger partial charge in [0.05, 0.1) is 16.4 Å². The van der Waals surface area contributed by atoms with Crippen molar-refractivity contribution in [3.63, 3.8) is 0 Å². The molecule has 0 saturated heterocycles. The van der Waals surface area contributed by atoms with Gasteiger partial charge in [-0.05, 0) is 42.5 Å². The zero-order valence-corrected chi connectivity index (χ0v) is 17.0. The molecule has 150 valence electrons. The van der Waals surface area contributed by atoms with Crippen molar-refractivity contribution < 1.29 is 4.79 Å². The van der Waals surface area contributed by atoms with E-state index in [9.17, 15) is 10.1 Å². The lowest BCUT2D eigenvalue weighted by molar-refractivity contribution is -0.112. The Balaban J connectivity index is 1.75. The van der Waals surface area contributed by atoms with Crippen LogP contribution in [0.25, 0.3) is 23.0 Å². The van der Waals surface area contributed by atoms with Gasteiger partial charge < -0.3 is 5.32 Å². The van der Waals surface area contributed by atoms with E-state index in [1.54, 1.807) is 53.6 Å². The van der Waals surface area contributed by atoms with Crippen molar-refractivity contribution in [3.05, 3.63) is 101 Å². The number of aromatic nitrogens is 3. The first-order valence-corrected chi connectivity index (χ1v) is 9.76. The Labute approximate surface area is 184 Å². The summed E-state index contributed by atoms with van der Waals surface area (Å²) in [5.74, 6) is -0.555. The molecule has 1 N–H and O–H groups in total. The van der Waals surface area contributed by atoms with E-state index in [0.717, 1.165) is 11.3 Å². The third kappa shape index (κ3) is 4.53. The summed E-state index contributed by atoms with van der Waals surface area (Å²) < 4.78 is 1.70. The van der Waals surface area contributed by atoms with Gasteiger partial charge in [-0.15, -0.1) is 0 Å². The molecule has 1 amide bonds. The van der Waals surface area contributed by atoms with Gasteiger partial charge in [0.2, 0.25) is 0 Å². The maximum atomic E-state index is 12.7. The van der Waals surface area contributed by atoms with Crippen LogP contribution in [-0.2, 0) is 4.79 Å². The predicted octanol–water partition coefficient (Wildman–Crippen LogP) is 5.13. The lowest BCUT2D eigenvalue weighted by Crippen LogP contribution is -2.13. The molecule has 2 heterocycles. The first-order valence-electron chi connectivity index (χ1n) is 9.39. The van der Waals surface area contributed by atoms with Crippen LogP contribution in [0.2, 0.25) is 5.02 Å². The summed E-state index contributed by atoms with van der Waals surface area (Å²) in [5, 5.41) is 17.4. The Morgan fingerprint density at radius 2 is 1.84 bits per heavy atom. The van der Waals surface area contributed by atoms with Crippen LogP contribution in [-0.4, -0.2) is 20.7 Å². The number of nitrogens with zero attached hydrogens (tertiary/aromatic N) is 4. The molecule has 0 aliphatic carbocycles. The quantitative estimate of drug-likeness (QED) is 0.354. The standard InChI is InChI=1S/C24H16ClN5O/c25-21-10-4-5-11-22(21)28-24(31)18(14-26)13-19-16-30(20-8-2-1-3-9-20)29-23(19)17-7-6-12-27-15-17/h1-13,15-16H,(H,28,31)/b18-13+. The number of carbonyl (C=O) groups is 1. The summed E-state index contributed by atoms with van der Waals surface area (Å²) in [4.78, 5) is 16.9. The second-order valence-electron chi connectivity index (χ2n) is 6.56. The van der Waals surface area contributed by atoms with Gasteiger partial charge in [0.25, 0.3) is 5.91 Å². The summed E-state index contributed by atoms with van der Waals surface area (Å²) in [6, 6.07) is 22.1. The number of anilines is 1. The van der Waals surface area contributed by atoms with Crippen LogP contribution in [0.4, 0.5) is 5.69 Å². The summed E-state index contributed by atoms with van der Waals surface area (Å²) in [6.45, 7) is 0. The number of carbonyl (C=O) groups excluding carboxylic acids is 1. The van der Waals surface area contributed by atoms with Gasteiger partial charge in [-0.25, -0.2) is 4.68 Å². The fraction of sp³-hybridized carbons (Fsp3) is 0. The largest absolute Gasteiger partial charge is 0.320 e. The van der Waals surface area contributed by atoms with E-state index >= 15 is 0 Å². The van der Waals surface area contributed by atoms with Gasteiger partial charge in [0, 0.05) is 29.7 Å². The van der Waals surface area contributed by atoms with Crippen molar-refractivity contribution in [3.8, 4) is 23.0 Å². The SMILES string of the molecule is N#C/C(=C\c1cn(-c2ccccc2)nc1-c1cccnc1)C(=O)Nc1ccccc1Cl. The van der Waals surface area contributed by atoms with Gasteiger partial charge in [0.1, 0.15) is 17.3 Å². The minimum Gasteiger partial charge on any atom is -0.320 e. The predicted molar refractivity (Wildman–Crippen MR) is 120 cm³/mol. The van der Waals surface area contributed by atoms with E-state index in [1.807, 2.05) is 42.5 Å². The first-order chi connectivity index (χ1) is 15.2. The second-order valence-corrected chi connectivity index (χ2v) is 6.97. The van der Waals surface area contributed by atoms with E-state index in [-0.39, 0.29) is 5.57 Å². The maximum absolute atomic E-state index is 12.7. The van der Waals surface area contributed by atoms with E-state index in [2.05, 4.69) is 15.4 Å². The number of amides is 1. The fourth-order valence-corrected chi connectivity index (χ4v) is 3.17. The molecule has 0 fully saturated rings. The topological polar surface area (TPSA) is 83.6 Å². The molecule has 0 bridgehead atoms. The second kappa shape index (κ2) is 9.08. The van der Waals surface area contributed by atoms with Crippen molar-refractivity contribution in [1.82, 2.24) is 14.8 Å². The Morgan fingerprint density at radius 3 is 2.55 bits per heavy atom. The molecular weight excluding hydrogens is 410 g/mol. The average molecular weight is 426 g/mol. The minimum absolute atomic E-state index is 0.0716. The van der Waals surface area contributed by atoms with Gasteiger partial charge in [-0.1, -0.05) is 41.9 Å². The molecule has 0 aliphatic heterocycles. The third-order valence-corrected chi connectivity index (χ3v) is 4.81. The molecular formula is C24H16ClN5O. The molecule has 7 heteroatoms. The number of nitriles is 1. The molecule has 0 aliphatic rings. The van der Waals surface area contributed by atoms with Crippen LogP contribution in [0.3, 0.4) is 0 Å². The highest BCUT2D eigenvalue weighted by molar-refractivity contribution is 6.34. The molecule has 0 unspecified atom stereocenters. The van der Waals surface area contributed by atoms with Crippen molar-refractivity contribution in [2.75, 3.05) is 5.32 Å². The van der Waals surface area contributed by atoms with Gasteiger partial charge in [-0.2, -0.15) is 10.4 Å². The highest BCUT2D eigenvalue weighted by Crippen LogP contribution is 2.26. The number of para-hydroxylation sites is 2. The van der Waals surface area contributed by atoms with Crippen LogP contribution in [0, 0.1) is 11.3 Å². The number of hydrogen-bond acceptors (Lipinski definition) is 4. The molecule has 0 spiro atoms. The van der Waals surface area contributed by atoms with Crippen molar-refractivity contribution in [1.29, 1.82) is 5.26 Å². The van der Waals surface area contributed by atoms with Crippen molar-refractivity contribution >= 4 is 29.3 Å². The van der Waals surface area contributed by atoms with Crippen LogP contribution < -0.4 is 5.32 Å². The van der Waals surface area contributed by atoms with Crippen LogP contribution in [0.1, 0.15) is 5.56 Å². The Hall–Kier alpha value is -4.21. The maximum Gasteiger partial charge on any atom is 0.266 e. The number of rotatable bonds is 5. The molecule has 4 rings (SSSR count). The molecule has 0 radical (unpaired) electrons. The highest BCUT2D eigenvalue weighted by Gasteiger charge is 2.16. The van der Waals surface area contributed by atoms with E-state index in [0.29, 0.717) is 22.0 Å². The number of pyridine rings is 1. The molecule has 0 atom stereocenters. The smallest absolute Gasteiger partial charge is 0.266 e. The normalized spacial score (nSPS) is 11.0. The summed E-state index contributed by atoms with van der Waals surface area (Å²) in [6.07, 6.45) is 6.65. The number of halogens is 1. The lowest BCUT2D eigenvalue weighted by Gasteiger charge is -2.06. The lowest BCUT2D eigenvalue weighted by atomic mass is 10.1. The van der Waals surface area contributed by atoms with E-state index in [1.165, 1.54) is 6.08 Å². The first kappa shape index (κ1) is 20.1. The number of nitrogens with one attached hydrogen (secondary N) is 1. The fourth-order valence-electron chi connectivity index (χ4n) is 2.99.